The van der Waals surface area contributed by atoms with Gasteiger partial charge in [0, 0.05) is 24.5 Å². The van der Waals surface area contributed by atoms with E-state index in [1.807, 2.05) is 30.1 Å². The average molecular weight is 269 g/mol. The fourth-order valence-electron chi connectivity index (χ4n) is 1.90. The maximum Gasteiger partial charge on any atom is 0.267 e. The molecule has 2 rings (SSSR count). The maximum absolute atomic E-state index is 11.2. The normalized spacial score (nSPS) is 10.1. The molecule has 1 heterocycles. The number of hydrogen-bond donors (Lipinski definition) is 3. The van der Waals surface area contributed by atoms with Crippen molar-refractivity contribution in [2.24, 2.45) is 11.5 Å². The van der Waals surface area contributed by atoms with Crippen LogP contribution < -0.4 is 16.4 Å². The predicted molar refractivity (Wildman–Crippen MR) is 78.3 cm³/mol. The molecule has 0 aliphatic carbocycles. The summed E-state index contributed by atoms with van der Waals surface area (Å²) >= 11 is 0. The van der Waals surface area contributed by atoms with Crippen LogP contribution in [0.4, 0.5) is 11.4 Å². The molecule has 0 bridgehead atoms. The van der Waals surface area contributed by atoms with Crippen molar-refractivity contribution in [1.82, 2.24) is 4.98 Å². The molecular weight excluding hydrogens is 254 g/mol. The first-order chi connectivity index (χ1) is 9.50. The monoisotopic (exact) mass is 269 g/mol. The molecule has 0 saturated heterocycles. The van der Waals surface area contributed by atoms with Crippen molar-refractivity contribution in [1.29, 1.82) is 5.41 Å². The van der Waals surface area contributed by atoms with Crippen molar-refractivity contribution in [3.05, 3.63) is 53.9 Å². The number of hydrogen-bond acceptors (Lipinski definition) is 4. The molecule has 0 atom stereocenters. The second-order valence-electron chi connectivity index (χ2n) is 4.25. The number of amidine groups is 1. The molecule has 6 heteroatoms. The van der Waals surface area contributed by atoms with Crippen LogP contribution in [0.3, 0.4) is 0 Å². The Balaban J connectivity index is 2.46. The van der Waals surface area contributed by atoms with Crippen molar-refractivity contribution >= 4 is 23.1 Å². The van der Waals surface area contributed by atoms with E-state index in [0.717, 1.165) is 11.4 Å². The molecule has 0 spiro atoms. The second-order valence-corrected chi connectivity index (χ2v) is 4.25. The standard InChI is InChI=1S/C14H15N5O/c1-19(9-6-7-18-11(8-9)14(17)20)12-5-3-2-4-10(12)13(15)16/h2-8H,1H3,(H3,15,16)(H2,17,20). The highest BCUT2D eigenvalue weighted by atomic mass is 16.1. The highest BCUT2D eigenvalue weighted by Crippen LogP contribution is 2.26. The van der Waals surface area contributed by atoms with Gasteiger partial charge in [-0.25, -0.2) is 0 Å². The van der Waals surface area contributed by atoms with Crippen molar-refractivity contribution in [3.8, 4) is 0 Å². The smallest absolute Gasteiger partial charge is 0.267 e. The first-order valence-corrected chi connectivity index (χ1v) is 5.93. The Hall–Kier alpha value is -2.89. The lowest BCUT2D eigenvalue weighted by molar-refractivity contribution is 0.0995. The largest absolute Gasteiger partial charge is 0.384 e. The third-order valence-corrected chi connectivity index (χ3v) is 2.94. The zero-order chi connectivity index (χ0) is 14.7. The first kappa shape index (κ1) is 13.5. The number of amides is 1. The fourth-order valence-corrected chi connectivity index (χ4v) is 1.90. The first-order valence-electron chi connectivity index (χ1n) is 5.93. The minimum Gasteiger partial charge on any atom is -0.384 e. The van der Waals surface area contributed by atoms with E-state index in [4.69, 9.17) is 16.9 Å². The Morgan fingerprint density at radius 2 is 1.95 bits per heavy atom. The van der Waals surface area contributed by atoms with Gasteiger partial charge in [0.25, 0.3) is 5.91 Å². The second kappa shape index (κ2) is 5.40. The molecule has 20 heavy (non-hydrogen) atoms. The van der Waals surface area contributed by atoms with E-state index >= 15 is 0 Å². The van der Waals surface area contributed by atoms with Gasteiger partial charge in [0.1, 0.15) is 11.5 Å². The van der Waals surface area contributed by atoms with Gasteiger partial charge in [-0.3, -0.25) is 15.2 Å². The lowest BCUT2D eigenvalue weighted by atomic mass is 10.1. The third kappa shape index (κ3) is 2.59. The maximum atomic E-state index is 11.2. The molecule has 0 aliphatic heterocycles. The van der Waals surface area contributed by atoms with Crippen LogP contribution in [0, 0.1) is 5.41 Å². The predicted octanol–water partition coefficient (Wildman–Crippen LogP) is 1.23. The van der Waals surface area contributed by atoms with Crippen LogP contribution in [-0.4, -0.2) is 23.8 Å². The minimum atomic E-state index is -0.583. The fraction of sp³-hybridized carbons (Fsp3) is 0.0714. The number of nitrogen functional groups attached to an aromatic ring is 1. The highest BCUT2D eigenvalue weighted by molar-refractivity contribution is 6.01. The number of benzene rings is 1. The molecule has 0 saturated carbocycles. The van der Waals surface area contributed by atoms with Crippen molar-refractivity contribution in [2.75, 3.05) is 11.9 Å². The van der Waals surface area contributed by atoms with Crippen LogP contribution in [0.5, 0.6) is 0 Å². The van der Waals surface area contributed by atoms with E-state index < -0.39 is 5.91 Å². The Morgan fingerprint density at radius 1 is 1.25 bits per heavy atom. The summed E-state index contributed by atoms with van der Waals surface area (Å²) in [6, 6.07) is 10.6. The highest BCUT2D eigenvalue weighted by Gasteiger charge is 2.12. The number of nitrogens with one attached hydrogen (secondary N) is 1. The van der Waals surface area contributed by atoms with Gasteiger partial charge in [-0.15, -0.1) is 0 Å². The van der Waals surface area contributed by atoms with Crippen LogP contribution in [0.2, 0.25) is 0 Å². The third-order valence-electron chi connectivity index (χ3n) is 2.94. The zero-order valence-electron chi connectivity index (χ0n) is 11.0. The number of carbonyl (C=O) groups is 1. The number of primary amides is 1. The van der Waals surface area contributed by atoms with Gasteiger partial charge < -0.3 is 16.4 Å². The summed E-state index contributed by atoms with van der Waals surface area (Å²) in [6.45, 7) is 0. The summed E-state index contributed by atoms with van der Waals surface area (Å²) in [5, 5.41) is 7.61. The number of nitrogens with zero attached hydrogens (tertiary/aromatic N) is 2. The minimum absolute atomic E-state index is 0.0170. The van der Waals surface area contributed by atoms with E-state index in [1.54, 1.807) is 18.2 Å². The number of rotatable bonds is 4. The molecule has 0 aliphatic rings. The molecule has 5 N–H and O–H groups in total. The number of carbonyl (C=O) groups excluding carboxylic acids is 1. The Bertz CT molecular complexity index is 668. The summed E-state index contributed by atoms with van der Waals surface area (Å²) in [4.78, 5) is 16.9. The molecule has 0 radical (unpaired) electrons. The molecule has 1 aromatic carbocycles. The number of para-hydroxylation sites is 1. The van der Waals surface area contributed by atoms with Gasteiger partial charge in [-0.05, 0) is 24.3 Å². The van der Waals surface area contributed by atoms with Crippen LogP contribution in [-0.2, 0) is 0 Å². The van der Waals surface area contributed by atoms with Crippen LogP contribution >= 0.6 is 0 Å². The number of anilines is 2. The summed E-state index contributed by atoms with van der Waals surface area (Å²) in [7, 11) is 1.82. The summed E-state index contributed by atoms with van der Waals surface area (Å²) < 4.78 is 0. The zero-order valence-corrected chi connectivity index (χ0v) is 11.0. The van der Waals surface area contributed by atoms with Crippen molar-refractivity contribution < 1.29 is 4.79 Å². The molecule has 102 valence electrons. The summed E-state index contributed by atoms with van der Waals surface area (Å²) in [6.07, 6.45) is 1.52. The lowest BCUT2D eigenvalue weighted by Gasteiger charge is -2.22. The molecule has 1 aromatic heterocycles. The Morgan fingerprint density at radius 3 is 2.60 bits per heavy atom. The molecule has 1 amide bonds. The van der Waals surface area contributed by atoms with Crippen molar-refractivity contribution in [2.45, 2.75) is 0 Å². The quantitative estimate of drug-likeness (QED) is 0.573. The van der Waals surface area contributed by atoms with E-state index in [1.165, 1.54) is 6.20 Å². The molecule has 0 unspecified atom stereocenters. The molecular formula is C14H15N5O. The summed E-state index contributed by atoms with van der Waals surface area (Å²) in [5.74, 6) is -0.600. The molecule has 6 nitrogen and oxygen atoms in total. The van der Waals surface area contributed by atoms with E-state index in [-0.39, 0.29) is 11.5 Å². The Kier molecular flexibility index (Phi) is 3.65. The van der Waals surface area contributed by atoms with Gasteiger partial charge in [0.2, 0.25) is 0 Å². The van der Waals surface area contributed by atoms with Crippen LogP contribution in [0.25, 0.3) is 0 Å². The van der Waals surface area contributed by atoms with E-state index in [2.05, 4.69) is 4.98 Å². The molecule has 0 fully saturated rings. The van der Waals surface area contributed by atoms with Crippen molar-refractivity contribution in [3.63, 3.8) is 0 Å². The number of nitrogens with two attached hydrogens (primary N) is 2. The topological polar surface area (TPSA) is 109 Å². The van der Waals surface area contributed by atoms with Crippen LogP contribution in [0.15, 0.2) is 42.6 Å². The number of aromatic nitrogens is 1. The van der Waals surface area contributed by atoms with E-state index in [0.29, 0.717) is 5.56 Å². The Labute approximate surface area is 116 Å². The van der Waals surface area contributed by atoms with Crippen LogP contribution in [0.1, 0.15) is 16.1 Å². The van der Waals surface area contributed by atoms with Gasteiger partial charge in [-0.2, -0.15) is 0 Å². The summed E-state index contributed by atoms with van der Waals surface area (Å²) in [5.41, 5.74) is 13.1. The van der Waals surface area contributed by atoms with E-state index in [9.17, 15) is 4.79 Å². The lowest BCUT2D eigenvalue weighted by Crippen LogP contribution is -2.19. The van der Waals surface area contributed by atoms with Gasteiger partial charge in [0.15, 0.2) is 0 Å². The van der Waals surface area contributed by atoms with Gasteiger partial charge in [0.05, 0.1) is 5.69 Å². The van der Waals surface area contributed by atoms with Gasteiger partial charge >= 0.3 is 0 Å². The number of pyridine rings is 1. The average Bonchev–Trinajstić information content (AvgIpc) is 2.46. The molecule has 2 aromatic rings. The SMILES string of the molecule is CN(c1ccnc(C(N)=O)c1)c1ccccc1C(=N)N. The van der Waals surface area contributed by atoms with Gasteiger partial charge in [-0.1, -0.05) is 12.1 Å².